The molecular weight excluding hydrogens is 284 g/mol. The predicted octanol–water partition coefficient (Wildman–Crippen LogP) is 2.29. The molecule has 0 fully saturated rings. The molecule has 0 bridgehead atoms. The van der Waals surface area contributed by atoms with E-state index in [0.29, 0.717) is 5.92 Å². The van der Waals surface area contributed by atoms with Crippen molar-refractivity contribution in [3.05, 3.63) is 33.8 Å². The summed E-state index contributed by atoms with van der Waals surface area (Å²) in [5.74, 6) is 1.71. The second-order valence-electron chi connectivity index (χ2n) is 5.73. The molecular formula is C15H20N4OS. The van der Waals surface area contributed by atoms with Gasteiger partial charge in [-0.3, -0.25) is 4.79 Å². The average Bonchev–Trinajstić information content (AvgIpc) is 3.03. The van der Waals surface area contributed by atoms with Gasteiger partial charge in [-0.25, -0.2) is 9.97 Å². The van der Waals surface area contributed by atoms with Crippen LogP contribution in [0.3, 0.4) is 0 Å². The molecule has 0 saturated carbocycles. The molecule has 0 N–H and O–H groups in total. The Labute approximate surface area is 128 Å². The molecule has 1 atom stereocenters. The fourth-order valence-electron chi connectivity index (χ4n) is 2.94. The SMILES string of the molecule is Cc1nc(C)c(C(=O)N(C)C[C@@H]2CCn3ccnc3C2)s1. The second kappa shape index (κ2) is 5.60. The summed E-state index contributed by atoms with van der Waals surface area (Å²) in [6, 6.07) is 0. The lowest BCUT2D eigenvalue weighted by Gasteiger charge is -2.27. The molecule has 0 unspecified atom stereocenters. The van der Waals surface area contributed by atoms with Gasteiger partial charge in [-0.2, -0.15) is 0 Å². The molecule has 0 spiro atoms. The quantitative estimate of drug-likeness (QED) is 0.874. The van der Waals surface area contributed by atoms with Gasteiger partial charge in [0.1, 0.15) is 10.7 Å². The topological polar surface area (TPSA) is 51.0 Å². The largest absolute Gasteiger partial charge is 0.341 e. The van der Waals surface area contributed by atoms with E-state index < -0.39 is 0 Å². The van der Waals surface area contributed by atoms with Gasteiger partial charge in [-0.15, -0.1) is 11.3 Å². The Balaban J connectivity index is 1.65. The van der Waals surface area contributed by atoms with Crippen molar-refractivity contribution in [2.75, 3.05) is 13.6 Å². The van der Waals surface area contributed by atoms with Crippen LogP contribution in [0.1, 0.15) is 32.6 Å². The monoisotopic (exact) mass is 304 g/mol. The van der Waals surface area contributed by atoms with Crippen molar-refractivity contribution in [1.29, 1.82) is 0 Å². The van der Waals surface area contributed by atoms with Gasteiger partial charge in [0.25, 0.3) is 5.91 Å². The highest BCUT2D eigenvalue weighted by Crippen LogP contribution is 2.22. The van der Waals surface area contributed by atoms with E-state index in [9.17, 15) is 4.79 Å². The third-order valence-corrected chi connectivity index (χ3v) is 5.09. The van der Waals surface area contributed by atoms with Crippen LogP contribution in [0.5, 0.6) is 0 Å². The van der Waals surface area contributed by atoms with Crippen LogP contribution in [0.15, 0.2) is 12.4 Å². The fraction of sp³-hybridized carbons (Fsp3) is 0.533. The highest BCUT2D eigenvalue weighted by Gasteiger charge is 2.24. The van der Waals surface area contributed by atoms with Gasteiger partial charge in [0.15, 0.2) is 0 Å². The molecule has 112 valence electrons. The summed E-state index contributed by atoms with van der Waals surface area (Å²) in [6.45, 7) is 5.63. The van der Waals surface area contributed by atoms with Crippen molar-refractivity contribution in [1.82, 2.24) is 19.4 Å². The van der Waals surface area contributed by atoms with Crippen LogP contribution >= 0.6 is 11.3 Å². The Hall–Kier alpha value is -1.69. The number of fused-ring (bicyclic) bond motifs is 1. The van der Waals surface area contributed by atoms with Crippen molar-refractivity contribution in [3.8, 4) is 0 Å². The van der Waals surface area contributed by atoms with Gasteiger partial charge in [0.05, 0.1) is 10.7 Å². The van der Waals surface area contributed by atoms with Crippen molar-refractivity contribution in [2.45, 2.75) is 33.2 Å². The smallest absolute Gasteiger partial charge is 0.265 e. The van der Waals surface area contributed by atoms with Crippen molar-refractivity contribution < 1.29 is 4.79 Å². The van der Waals surface area contributed by atoms with Crippen molar-refractivity contribution in [3.63, 3.8) is 0 Å². The normalized spacial score (nSPS) is 17.6. The number of rotatable bonds is 3. The highest BCUT2D eigenvalue weighted by atomic mass is 32.1. The summed E-state index contributed by atoms with van der Waals surface area (Å²) in [5, 5.41) is 0.948. The Kier molecular flexibility index (Phi) is 3.80. The lowest BCUT2D eigenvalue weighted by Crippen LogP contribution is -2.34. The summed E-state index contributed by atoms with van der Waals surface area (Å²) in [6.07, 6.45) is 5.94. The first-order chi connectivity index (χ1) is 10.0. The lowest BCUT2D eigenvalue weighted by molar-refractivity contribution is 0.0768. The molecule has 5 nitrogen and oxygen atoms in total. The maximum absolute atomic E-state index is 12.5. The Bertz CT molecular complexity index is 660. The molecule has 21 heavy (non-hydrogen) atoms. The minimum Gasteiger partial charge on any atom is -0.341 e. The molecule has 3 rings (SSSR count). The van der Waals surface area contributed by atoms with E-state index in [1.54, 1.807) is 0 Å². The zero-order valence-electron chi connectivity index (χ0n) is 12.7. The highest BCUT2D eigenvalue weighted by molar-refractivity contribution is 7.13. The summed E-state index contributed by atoms with van der Waals surface area (Å²) in [7, 11) is 1.89. The Morgan fingerprint density at radius 1 is 1.52 bits per heavy atom. The number of carbonyl (C=O) groups is 1. The van der Waals surface area contributed by atoms with Gasteiger partial charge in [0, 0.05) is 39.0 Å². The van der Waals surface area contributed by atoms with E-state index in [1.807, 2.05) is 38.2 Å². The Morgan fingerprint density at radius 3 is 3.05 bits per heavy atom. The molecule has 3 heterocycles. The van der Waals surface area contributed by atoms with Crippen LogP contribution in [0.2, 0.25) is 0 Å². The second-order valence-corrected chi connectivity index (χ2v) is 6.93. The minimum absolute atomic E-state index is 0.0898. The maximum atomic E-state index is 12.5. The van der Waals surface area contributed by atoms with Gasteiger partial charge in [-0.05, 0) is 26.2 Å². The standard InChI is InChI=1S/C15H20N4OS/c1-10-14(21-11(2)17-10)15(20)18(3)9-12-4-6-19-7-5-16-13(19)8-12/h5,7,12H,4,6,8-9H2,1-3H3/t12-/m1/s1. The van der Waals surface area contributed by atoms with Crippen LogP contribution in [0.25, 0.3) is 0 Å². The number of nitrogens with zero attached hydrogens (tertiary/aromatic N) is 4. The molecule has 2 aromatic rings. The van der Waals surface area contributed by atoms with Crippen molar-refractivity contribution >= 4 is 17.2 Å². The molecule has 6 heteroatoms. The van der Waals surface area contributed by atoms with Crippen LogP contribution in [-0.4, -0.2) is 38.9 Å². The summed E-state index contributed by atoms with van der Waals surface area (Å²) in [5.41, 5.74) is 0.841. The number of carbonyl (C=O) groups excluding carboxylic acids is 1. The van der Waals surface area contributed by atoms with Crippen LogP contribution < -0.4 is 0 Å². The Morgan fingerprint density at radius 2 is 2.33 bits per heavy atom. The van der Waals surface area contributed by atoms with E-state index >= 15 is 0 Å². The van der Waals surface area contributed by atoms with E-state index in [-0.39, 0.29) is 5.91 Å². The maximum Gasteiger partial charge on any atom is 0.265 e. The summed E-state index contributed by atoms with van der Waals surface area (Å²) in [4.78, 5) is 23.9. The molecule has 1 amide bonds. The first kappa shape index (κ1) is 14.3. The number of imidazole rings is 1. The fourth-order valence-corrected chi connectivity index (χ4v) is 3.86. The number of aryl methyl sites for hydroxylation is 3. The first-order valence-electron chi connectivity index (χ1n) is 7.24. The van der Waals surface area contributed by atoms with Gasteiger partial charge < -0.3 is 9.47 Å². The average molecular weight is 304 g/mol. The molecule has 0 aromatic carbocycles. The molecule has 2 aromatic heterocycles. The van der Waals surface area contributed by atoms with Crippen molar-refractivity contribution in [2.24, 2.45) is 5.92 Å². The summed E-state index contributed by atoms with van der Waals surface area (Å²) < 4.78 is 2.20. The first-order valence-corrected chi connectivity index (χ1v) is 8.05. The number of amides is 1. The number of hydrogen-bond donors (Lipinski definition) is 0. The van der Waals surface area contributed by atoms with E-state index in [1.165, 1.54) is 11.3 Å². The van der Waals surface area contributed by atoms with E-state index in [0.717, 1.165) is 47.3 Å². The van der Waals surface area contributed by atoms with Crippen LogP contribution in [-0.2, 0) is 13.0 Å². The number of aromatic nitrogens is 3. The summed E-state index contributed by atoms with van der Waals surface area (Å²) >= 11 is 1.48. The third kappa shape index (κ3) is 2.85. The molecule has 0 saturated heterocycles. The molecule has 0 radical (unpaired) electrons. The van der Waals surface area contributed by atoms with Crippen LogP contribution in [0, 0.1) is 19.8 Å². The number of hydrogen-bond acceptors (Lipinski definition) is 4. The van der Waals surface area contributed by atoms with Gasteiger partial charge in [-0.1, -0.05) is 0 Å². The third-order valence-electron chi connectivity index (χ3n) is 4.03. The minimum atomic E-state index is 0.0898. The van der Waals surface area contributed by atoms with E-state index in [4.69, 9.17) is 0 Å². The number of thiazole rings is 1. The van der Waals surface area contributed by atoms with Gasteiger partial charge in [0.2, 0.25) is 0 Å². The molecule has 1 aliphatic heterocycles. The molecule has 1 aliphatic rings. The zero-order chi connectivity index (χ0) is 15.0. The predicted molar refractivity (Wildman–Crippen MR) is 82.6 cm³/mol. The van der Waals surface area contributed by atoms with Gasteiger partial charge >= 0.3 is 0 Å². The lowest BCUT2D eigenvalue weighted by atomic mass is 9.97. The zero-order valence-corrected chi connectivity index (χ0v) is 13.5. The molecule has 0 aliphatic carbocycles. The van der Waals surface area contributed by atoms with E-state index in [2.05, 4.69) is 14.5 Å². The van der Waals surface area contributed by atoms with Crippen LogP contribution in [0.4, 0.5) is 0 Å².